The maximum absolute atomic E-state index is 5.79. The van der Waals surface area contributed by atoms with Crippen molar-refractivity contribution in [3.63, 3.8) is 0 Å². The van der Waals surface area contributed by atoms with E-state index in [2.05, 4.69) is 34.2 Å². The van der Waals surface area contributed by atoms with Gasteiger partial charge in [0.15, 0.2) is 0 Å². The Hall–Kier alpha value is -2.42. The molecule has 0 spiro atoms. The lowest BCUT2D eigenvalue weighted by atomic mass is 10.0. The molecule has 0 saturated carbocycles. The number of anilines is 1. The van der Waals surface area contributed by atoms with Crippen LogP contribution in [0.25, 0.3) is 22.0 Å². The smallest absolute Gasteiger partial charge is 0.128 e. The van der Waals surface area contributed by atoms with Gasteiger partial charge in [-0.25, -0.2) is 9.97 Å². The van der Waals surface area contributed by atoms with E-state index in [1.807, 2.05) is 31.2 Å². The predicted molar refractivity (Wildman–Crippen MR) is 74.1 cm³/mol. The summed E-state index contributed by atoms with van der Waals surface area (Å²) >= 11 is 0. The average molecular weight is 235 g/mol. The second kappa shape index (κ2) is 4.11. The minimum atomic E-state index is 0.505. The number of aryl methyl sites for hydroxylation is 1. The summed E-state index contributed by atoms with van der Waals surface area (Å²) in [5.41, 5.74) is 7.75. The summed E-state index contributed by atoms with van der Waals surface area (Å²) in [5, 5.41) is 2.38. The van der Waals surface area contributed by atoms with Crippen LogP contribution in [0.2, 0.25) is 0 Å². The molecular formula is C15H13N3. The highest BCUT2D eigenvalue weighted by Crippen LogP contribution is 2.27. The number of nitrogen functional groups attached to an aromatic ring is 1. The number of nitrogens with zero attached hydrogens (tertiary/aromatic N) is 2. The van der Waals surface area contributed by atoms with Crippen molar-refractivity contribution in [1.29, 1.82) is 0 Å². The van der Waals surface area contributed by atoms with Gasteiger partial charge in [0.2, 0.25) is 0 Å². The largest absolute Gasteiger partial charge is 0.384 e. The Bertz CT molecular complexity index is 694. The molecule has 18 heavy (non-hydrogen) atoms. The van der Waals surface area contributed by atoms with Gasteiger partial charge in [-0.05, 0) is 17.7 Å². The summed E-state index contributed by atoms with van der Waals surface area (Å²) in [4.78, 5) is 8.57. The van der Waals surface area contributed by atoms with Gasteiger partial charge in [-0.3, -0.25) is 0 Å². The first-order valence-corrected chi connectivity index (χ1v) is 5.83. The third kappa shape index (κ3) is 1.80. The highest BCUT2D eigenvalue weighted by atomic mass is 14.9. The normalized spacial score (nSPS) is 10.7. The van der Waals surface area contributed by atoms with E-state index >= 15 is 0 Å². The third-order valence-electron chi connectivity index (χ3n) is 2.92. The topological polar surface area (TPSA) is 51.8 Å². The van der Waals surface area contributed by atoms with Crippen LogP contribution in [0.15, 0.2) is 48.5 Å². The molecule has 0 bridgehead atoms. The monoisotopic (exact) mass is 235 g/mol. The van der Waals surface area contributed by atoms with Crippen LogP contribution in [0, 0.1) is 6.92 Å². The maximum atomic E-state index is 5.79. The molecule has 0 unspecified atom stereocenters. The number of nitrogens with two attached hydrogens (primary N) is 1. The molecule has 3 nitrogen and oxygen atoms in total. The molecule has 0 amide bonds. The molecule has 3 rings (SSSR count). The second-order valence-corrected chi connectivity index (χ2v) is 4.25. The number of hydrogen-bond donors (Lipinski definition) is 1. The molecule has 2 aromatic carbocycles. The fourth-order valence-corrected chi connectivity index (χ4v) is 2.18. The number of benzene rings is 2. The molecule has 0 radical (unpaired) electrons. The van der Waals surface area contributed by atoms with Crippen molar-refractivity contribution in [2.24, 2.45) is 0 Å². The highest BCUT2D eigenvalue weighted by Gasteiger charge is 2.06. The Kier molecular flexibility index (Phi) is 2.45. The molecule has 0 fully saturated rings. The molecule has 3 heteroatoms. The average Bonchev–Trinajstić information content (AvgIpc) is 2.37. The van der Waals surface area contributed by atoms with E-state index in [4.69, 9.17) is 5.73 Å². The first-order valence-electron chi connectivity index (χ1n) is 5.83. The highest BCUT2D eigenvalue weighted by molar-refractivity contribution is 5.95. The SMILES string of the molecule is Cc1nc(N)cc(-c2cccc3ccccc23)n1. The molecule has 2 N–H and O–H groups in total. The number of rotatable bonds is 1. The van der Waals surface area contributed by atoms with Gasteiger partial charge in [-0.2, -0.15) is 0 Å². The Morgan fingerprint density at radius 2 is 1.72 bits per heavy atom. The van der Waals surface area contributed by atoms with Gasteiger partial charge < -0.3 is 5.73 Å². The van der Waals surface area contributed by atoms with E-state index in [9.17, 15) is 0 Å². The van der Waals surface area contributed by atoms with Gasteiger partial charge in [0.1, 0.15) is 11.6 Å². The lowest BCUT2D eigenvalue weighted by molar-refractivity contribution is 1.07. The second-order valence-electron chi connectivity index (χ2n) is 4.25. The van der Waals surface area contributed by atoms with E-state index in [0.717, 1.165) is 11.3 Å². The van der Waals surface area contributed by atoms with Crippen LogP contribution in [0.3, 0.4) is 0 Å². The van der Waals surface area contributed by atoms with Crippen LogP contribution >= 0.6 is 0 Å². The quantitative estimate of drug-likeness (QED) is 0.704. The number of hydrogen-bond acceptors (Lipinski definition) is 3. The first kappa shape index (κ1) is 10.7. The van der Waals surface area contributed by atoms with Gasteiger partial charge in [0.05, 0.1) is 5.69 Å². The minimum absolute atomic E-state index is 0.505. The van der Waals surface area contributed by atoms with Crippen molar-refractivity contribution in [3.8, 4) is 11.3 Å². The van der Waals surface area contributed by atoms with Crippen LogP contribution in [-0.2, 0) is 0 Å². The Morgan fingerprint density at radius 1 is 0.944 bits per heavy atom. The molecule has 0 aliphatic carbocycles. The standard InChI is InChI=1S/C15H13N3/c1-10-17-14(9-15(16)18-10)13-8-4-6-11-5-2-3-7-12(11)13/h2-9H,1H3,(H2,16,17,18). The zero-order chi connectivity index (χ0) is 12.5. The number of fused-ring (bicyclic) bond motifs is 1. The lowest BCUT2D eigenvalue weighted by Gasteiger charge is -2.07. The predicted octanol–water partition coefficient (Wildman–Crippen LogP) is 3.19. The fourth-order valence-electron chi connectivity index (χ4n) is 2.18. The summed E-state index contributed by atoms with van der Waals surface area (Å²) in [6.07, 6.45) is 0. The fraction of sp³-hybridized carbons (Fsp3) is 0.0667. The van der Waals surface area contributed by atoms with Crippen LogP contribution in [-0.4, -0.2) is 9.97 Å². The van der Waals surface area contributed by atoms with E-state index in [1.165, 1.54) is 10.8 Å². The Balaban J connectivity index is 2.31. The van der Waals surface area contributed by atoms with Crippen LogP contribution in [0.5, 0.6) is 0 Å². The molecule has 88 valence electrons. The van der Waals surface area contributed by atoms with Crippen molar-refractivity contribution in [1.82, 2.24) is 9.97 Å². The van der Waals surface area contributed by atoms with Crippen molar-refractivity contribution < 1.29 is 0 Å². The molecular weight excluding hydrogens is 222 g/mol. The number of aromatic nitrogens is 2. The van der Waals surface area contributed by atoms with Crippen LogP contribution in [0.4, 0.5) is 5.82 Å². The molecule has 0 saturated heterocycles. The van der Waals surface area contributed by atoms with Gasteiger partial charge in [0, 0.05) is 11.6 Å². The van der Waals surface area contributed by atoms with E-state index in [0.29, 0.717) is 11.6 Å². The van der Waals surface area contributed by atoms with E-state index in [-0.39, 0.29) is 0 Å². The minimum Gasteiger partial charge on any atom is -0.384 e. The van der Waals surface area contributed by atoms with Gasteiger partial charge in [-0.15, -0.1) is 0 Å². The lowest BCUT2D eigenvalue weighted by Crippen LogP contribution is -1.97. The third-order valence-corrected chi connectivity index (χ3v) is 2.92. The molecule has 3 aromatic rings. The summed E-state index contributed by atoms with van der Waals surface area (Å²) in [6.45, 7) is 1.85. The zero-order valence-electron chi connectivity index (χ0n) is 10.1. The van der Waals surface area contributed by atoms with Gasteiger partial charge in [-0.1, -0.05) is 42.5 Å². The van der Waals surface area contributed by atoms with Gasteiger partial charge >= 0.3 is 0 Å². The van der Waals surface area contributed by atoms with Crippen molar-refractivity contribution >= 4 is 16.6 Å². The first-order chi connectivity index (χ1) is 8.74. The van der Waals surface area contributed by atoms with E-state index < -0.39 is 0 Å². The maximum Gasteiger partial charge on any atom is 0.128 e. The molecule has 1 aromatic heterocycles. The van der Waals surface area contributed by atoms with Crippen molar-refractivity contribution in [3.05, 3.63) is 54.4 Å². The Morgan fingerprint density at radius 3 is 2.56 bits per heavy atom. The van der Waals surface area contributed by atoms with Crippen molar-refractivity contribution in [2.45, 2.75) is 6.92 Å². The molecule has 0 atom stereocenters. The zero-order valence-corrected chi connectivity index (χ0v) is 10.1. The van der Waals surface area contributed by atoms with Crippen molar-refractivity contribution in [2.75, 3.05) is 5.73 Å². The summed E-state index contributed by atoms with van der Waals surface area (Å²) in [7, 11) is 0. The summed E-state index contributed by atoms with van der Waals surface area (Å²) in [5.74, 6) is 1.20. The molecule has 1 heterocycles. The molecule has 0 aliphatic heterocycles. The van der Waals surface area contributed by atoms with Gasteiger partial charge in [0.25, 0.3) is 0 Å². The summed E-state index contributed by atoms with van der Waals surface area (Å²) < 4.78 is 0. The van der Waals surface area contributed by atoms with E-state index in [1.54, 1.807) is 0 Å². The Labute approximate surface area is 105 Å². The van der Waals surface area contributed by atoms with Crippen LogP contribution < -0.4 is 5.73 Å². The molecule has 0 aliphatic rings. The van der Waals surface area contributed by atoms with Crippen LogP contribution in [0.1, 0.15) is 5.82 Å². The summed E-state index contributed by atoms with van der Waals surface area (Å²) in [6, 6.07) is 16.3.